The fourth-order valence-corrected chi connectivity index (χ4v) is 16.1. The number of nitrogens with zero attached hydrogens (tertiary/aromatic N) is 2. The van der Waals surface area contributed by atoms with Crippen LogP contribution in [0.2, 0.25) is 0 Å². The van der Waals surface area contributed by atoms with Crippen molar-refractivity contribution in [2.45, 2.75) is 10.8 Å². The highest BCUT2D eigenvalue weighted by atomic mass is 19.1. The minimum absolute atomic E-state index is 0.318. The molecule has 0 aliphatic heterocycles. The molecule has 16 aromatic carbocycles. The summed E-state index contributed by atoms with van der Waals surface area (Å²) in [7, 11) is 0. The molecule has 0 N–H and O–H groups in total. The molecule has 0 saturated carbocycles. The Bertz CT molecular complexity index is 5590. The number of fused-ring (bicyclic) bond motifs is 8. The summed E-state index contributed by atoms with van der Waals surface area (Å²) >= 11 is 0. The molecule has 18 rings (SSSR count). The van der Waals surface area contributed by atoms with E-state index >= 15 is 8.78 Å². The molecular formula is C98H66F2N2O2. The lowest BCUT2D eigenvalue weighted by atomic mass is 9.67. The normalized spacial score (nSPS) is 14.6. The molecule has 0 aromatic heterocycles. The highest BCUT2D eigenvalue weighted by molar-refractivity contribution is 5.95. The number of hydrogen-bond acceptors (Lipinski definition) is 4. The second-order valence-corrected chi connectivity index (χ2v) is 26.7. The van der Waals surface area contributed by atoms with Gasteiger partial charge in [-0.05, 0) is 268 Å². The first-order chi connectivity index (χ1) is 51.2. The van der Waals surface area contributed by atoms with Gasteiger partial charge in [-0.15, -0.1) is 0 Å². The van der Waals surface area contributed by atoms with Gasteiger partial charge >= 0.3 is 0 Å². The second-order valence-electron chi connectivity index (χ2n) is 26.7. The molecule has 0 bridgehead atoms. The summed E-state index contributed by atoms with van der Waals surface area (Å²) < 4.78 is 43.2. The minimum atomic E-state index is -0.773. The van der Waals surface area contributed by atoms with E-state index in [1.54, 1.807) is 0 Å². The summed E-state index contributed by atoms with van der Waals surface area (Å²) in [6, 6.07) is 126. The average Bonchev–Trinajstić information content (AvgIpc) is 1.53. The predicted octanol–water partition coefficient (Wildman–Crippen LogP) is 26.5. The molecule has 2 unspecified atom stereocenters. The number of hydrogen-bond donors (Lipinski definition) is 0. The summed E-state index contributed by atoms with van der Waals surface area (Å²) in [6.07, 6.45) is 3.65. The van der Waals surface area contributed by atoms with Crippen molar-refractivity contribution in [3.05, 3.63) is 444 Å². The lowest BCUT2D eigenvalue weighted by Gasteiger charge is -2.35. The number of anilines is 6. The largest absolute Gasteiger partial charge is 0.457 e. The fourth-order valence-electron chi connectivity index (χ4n) is 16.1. The molecule has 0 saturated heterocycles. The van der Waals surface area contributed by atoms with Crippen molar-refractivity contribution < 1.29 is 18.3 Å². The minimum Gasteiger partial charge on any atom is -0.457 e. The van der Waals surface area contributed by atoms with Crippen LogP contribution in [0.1, 0.15) is 55.6 Å². The van der Waals surface area contributed by atoms with E-state index in [1.165, 1.54) is 35.4 Å². The molecule has 16 aromatic rings. The molecule has 0 heterocycles. The average molecular weight is 1340 g/mol. The Labute approximate surface area is 603 Å². The summed E-state index contributed by atoms with van der Waals surface area (Å²) in [6.45, 7) is 7.85. The quantitative estimate of drug-likeness (QED) is 0.0907. The summed E-state index contributed by atoms with van der Waals surface area (Å²) in [5, 5.41) is 4.61. The van der Waals surface area contributed by atoms with E-state index in [1.807, 2.05) is 84.9 Å². The number of ether oxygens (including phenoxy) is 2. The van der Waals surface area contributed by atoms with Crippen molar-refractivity contribution in [1.82, 2.24) is 0 Å². The maximum absolute atomic E-state index is 15.1. The van der Waals surface area contributed by atoms with Gasteiger partial charge in [0, 0.05) is 34.1 Å². The van der Waals surface area contributed by atoms with Crippen molar-refractivity contribution in [2.75, 3.05) is 9.80 Å². The molecule has 494 valence electrons. The van der Waals surface area contributed by atoms with Gasteiger partial charge in [0.05, 0.1) is 10.8 Å². The molecule has 2 aliphatic rings. The molecule has 0 spiro atoms. The van der Waals surface area contributed by atoms with E-state index in [2.05, 4.69) is 290 Å². The van der Waals surface area contributed by atoms with Crippen molar-refractivity contribution >= 4 is 67.8 Å². The van der Waals surface area contributed by atoms with E-state index < -0.39 is 10.8 Å². The van der Waals surface area contributed by atoms with Gasteiger partial charge in [0.2, 0.25) is 0 Å². The number of rotatable bonds is 17. The van der Waals surface area contributed by atoms with Crippen LogP contribution < -0.4 is 19.3 Å². The number of benzene rings is 16. The third kappa shape index (κ3) is 10.8. The topological polar surface area (TPSA) is 24.9 Å². The molecule has 0 fully saturated rings. The molecular weight excluding hydrogens is 1280 g/mol. The summed E-state index contributed by atoms with van der Waals surface area (Å²) in [5.41, 5.74) is 21.3. The van der Waals surface area contributed by atoms with Gasteiger partial charge < -0.3 is 19.3 Å². The second kappa shape index (κ2) is 25.9. The lowest BCUT2D eigenvalue weighted by Crippen LogP contribution is -2.28. The molecule has 6 heteroatoms. The predicted molar refractivity (Wildman–Crippen MR) is 424 cm³/mol. The first kappa shape index (κ1) is 62.8. The Morgan fingerprint density at radius 1 is 0.250 bits per heavy atom. The lowest BCUT2D eigenvalue weighted by molar-refractivity contribution is 0.482. The monoisotopic (exact) mass is 1340 g/mol. The van der Waals surface area contributed by atoms with Gasteiger partial charge in [0.25, 0.3) is 0 Å². The van der Waals surface area contributed by atoms with Crippen LogP contribution >= 0.6 is 0 Å². The van der Waals surface area contributed by atoms with Crippen LogP contribution in [-0.4, -0.2) is 0 Å². The van der Waals surface area contributed by atoms with Crippen molar-refractivity contribution in [3.8, 4) is 56.4 Å². The van der Waals surface area contributed by atoms with Gasteiger partial charge in [0.1, 0.15) is 34.6 Å². The van der Waals surface area contributed by atoms with Crippen LogP contribution in [0.15, 0.2) is 377 Å². The van der Waals surface area contributed by atoms with Crippen LogP contribution in [0.4, 0.5) is 42.9 Å². The van der Waals surface area contributed by atoms with Gasteiger partial charge in [-0.3, -0.25) is 0 Å². The van der Waals surface area contributed by atoms with E-state index in [9.17, 15) is 0 Å². The van der Waals surface area contributed by atoms with Crippen LogP contribution in [0.5, 0.6) is 23.0 Å². The first-order valence-electron chi connectivity index (χ1n) is 35.0. The summed E-state index contributed by atoms with van der Waals surface area (Å²) in [5.74, 6) is 2.29. The smallest absolute Gasteiger partial charge is 0.127 e. The van der Waals surface area contributed by atoms with Gasteiger partial charge in [-0.25, -0.2) is 8.78 Å². The Morgan fingerprint density at radius 3 is 0.913 bits per heavy atom. The number of halogens is 2. The molecule has 0 radical (unpaired) electrons. The maximum atomic E-state index is 15.1. The first-order valence-corrected chi connectivity index (χ1v) is 35.0. The van der Waals surface area contributed by atoms with Gasteiger partial charge in [-0.2, -0.15) is 0 Å². The Kier molecular flexibility index (Phi) is 15.7. The van der Waals surface area contributed by atoms with E-state index in [0.717, 1.165) is 157 Å². The van der Waals surface area contributed by atoms with Gasteiger partial charge in [0.15, 0.2) is 0 Å². The SMILES string of the molecule is C=Cc1ccc(Oc2ccc(C3(c4ccc5ccccc5c4)c4ccccc4-c4ccc(N(c5ccc(F)cc5)c5ccc(-c6ccc(N(c7ccc(F)cc7)c7ccc8c(c7)C(c7ccc(Oc9ccc(C=C)cc9)cc7)(c7ccc9ccccc9c7)c7ccccc7-8)cc6)cc5)cc43)cc2)cc1. The van der Waals surface area contributed by atoms with Crippen LogP contribution in [0.3, 0.4) is 0 Å². The van der Waals surface area contributed by atoms with Crippen molar-refractivity contribution in [1.29, 1.82) is 0 Å². The van der Waals surface area contributed by atoms with E-state index in [0.29, 0.717) is 0 Å². The highest BCUT2D eigenvalue weighted by Gasteiger charge is 2.48. The third-order valence-electron chi connectivity index (χ3n) is 21.0. The molecule has 104 heavy (non-hydrogen) atoms. The van der Waals surface area contributed by atoms with E-state index in [-0.39, 0.29) is 11.6 Å². The third-order valence-corrected chi connectivity index (χ3v) is 21.0. The van der Waals surface area contributed by atoms with Crippen molar-refractivity contribution in [3.63, 3.8) is 0 Å². The standard InChI is InChI=1S/C98H66F2N2O2/c1-3-65-21-51-85(52-22-65)103-87-55-33-73(34-56-87)97(75-31-25-67-13-5-7-15-71(67)61-75)93-19-11-9-17-89(93)91-59-49-83(63-95(91)97)101(81-45-37-77(99)38-46-81)79-41-27-69(28-42-79)70-29-43-80(44-30-70)102(82-47-39-78(100)40-48-82)84-50-60-92-90-18-10-12-20-94(90)98(96(92)64-84,76-32-26-68-14-6-8-16-72(68)62-76)74-35-57-88(58-36-74)104-86-53-23-66(4-2)24-54-86/h3-64H,1-2H2. The van der Waals surface area contributed by atoms with Crippen LogP contribution in [-0.2, 0) is 10.8 Å². The molecule has 0 amide bonds. The Balaban J connectivity index is 0.722. The Morgan fingerprint density at radius 2 is 0.548 bits per heavy atom. The molecule has 2 atom stereocenters. The zero-order valence-electron chi connectivity index (χ0n) is 56.7. The van der Waals surface area contributed by atoms with Gasteiger partial charge in [-0.1, -0.05) is 232 Å². The molecule has 4 nitrogen and oxygen atoms in total. The van der Waals surface area contributed by atoms with Crippen molar-refractivity contribution in [2.24, 2.45) is 0 Å². The van der Waals surface area contributed by atoms with E-state index in [4.69, 9.17) is 9.47 Å². The highest BCUT2D eigenvalue weighted by Crippen LogP contribution is 2.60. The van der Waals surface area contributed by atoms with Crippen LogP contribution in [0, 0.1) is 11.6 Å². The maximum Gasteiger partial charge on any atom is 0.127 e. The Hall–Kier alpha value is -13.4. The zero-order valence-corrected chi connectivity index (χ0v) is 56.7. The molecule has 2 aliphatic carbocycles. The fraction of sp³-hybridized carbons (Fsp3) is 0.0204. The zero-order chi connectivity index (χ0) is 69.9. The van der Waals surface area contributed by atoms with Crippen LogP contribution in [0.25, 0.3) is 67.1 Å². The summed E-state index contributed by atoms with van der Waals surface area (Å²) in [4.78, 5) is 4.43.